The first-order valence-electron chi connectivity index (χ1n) is 8.07. The van der Waals surface area contributed by atoms with E-state index in [4.69, 9.17) is 0 Å². The van der Waals surface area contributed by atoms with Gasteiger partial charge in [0.05, 0.1) is 0 Å². The molecule has 0 aromatic carbocycles. The fourth-order valence-corrected chi connectivity index (χ4v) is 4.17. The summed E-state index contributed by atoms with van der Waals surface area (Å²) in [6.45, 7) is 5.89. The zero-order valence-electron chi connectivity index (χ0n) is 12.8. The molecule has 3 rings (SSSR count). The van der Waals surface area contributed by atoms with Gasteiger partial charge in [-0.05, 0) is 31.2 Å². The fourth-order valence-electron chi connectivity index (χ4n) is 3.36. The summed E-state index contributed by atoms with van der Waals surface area (Å²) in [7, 11) is 0. The number of rotatable bonds is 3. The molecule has 0 spiro atoms. The molecular formula is C16H25N3OS. The summed E-state index contributed by atoms with van der Waals surface area (Å²) < 4.78 is 0. The van der Waals surface area contributed by atoms with Crippen molar-refractivity contribution in [1.29, 1.82) is 0 Å². The Balaban J connectivity index is 1.47. The third-order valence-electron chi connectivity index (χ3n) is 4.79. The van der Waals surface area contributed by atoms with Crippen LogP contribution in [0.3, 0.4) is 0 Å². The number of nitrogens with zero attached hydrogens (tertiary/aromatic N) is 2. The van der Waals surface area contributed by atoms with Gasteiger partial charge in [0.1, 0.15) is 0 Å². The number of amides is 2. The third kappa shape index (κ3) is 3.58. The van der Waals surface area contributed by atoms with E-state index in [-0.39, 0.29) is 6.03 Å². The van der Waals surface area contributed by atoms with Crippen molar-refractivity contribution in [2.24, 2.45) is 0 Å². The molecule has 2 fully saturated rings. The Hall–Kier alpha value is -1.07. The predicted molar refractivity (Wildman–Crippen MR) is 86.7 cm³/mol. The van der Waals surface area contributed by atoms with Gasteiger partial charge in [-0.3, -0.25) is 4.90 Å². The third-order valence-corrected chi connectivity index (χ3v) is 5.83. The van der Waals surface area contributed by atoms with Crippen LogP contribution in [0.15, 0.2) is 17.5 Å². The second-order valence-electron chi connectivity index (χ2n) is 6.15. The van der Waals surface area contributed by atoms with Crippen LogP contribution in [0.4, 0.5) is 4.79 Å². The molecule has 1 saturated carbocycles. The molecule has 0 bridgehead atoms. The van der Waals surface area contributed by atoms with Crippen LogP contribution in [0.25, 0.3) is 0 Å². The average Bonchev–Trinajstić information content (AvgIpc) is 3.20. The van der Waals surface area contributed by atoms with Gasteiger partial charge in [0, 0.05) is 43.1 Å². The van der Waals surface area contributed by atoms with E-state index >= 15 is 0 Å². The van der Waals surface area contributed by atoms with Crippen LogP contribution >= 0.6 is 11.3 Å². The summed E-state index contributed by atoms with van der Waals surface area (Å²) in [5.41, 5.74) is 0. The molecule has 1 N–H and O–H groups in total. The second kappa shape index (κ2) is 6.79. The number of piperazine rings is 1. The number of hydrogen-bond acceptors (Lipinski definition) is 3. The van der Waals surface area contributed by atoms with Crippen molar-refractivity contribution in [3.63, 3.8) is 0 Å². The van der Waals surface area contributed by atoms with Crippen molar-refractivity contribution < 1.29 is 4.79 Å². The highest BCUT2D eigenvalue weighted by Crippen LogP contribution is 2.25. The van der Waals surface area contributed by atoms with Crippen LogP contribution in [0.2, 0.25) is 0 Å². The molecule has 21 heavy (non-hydrogen) atoms. The maximum atomic E-state index is 12.3. The van der Waals surface area contributed by atoms with Crippen molar-refractivity contribution in [2.45, 2.75) is 44.7 Å². The molecule has 0 radical (unpaired) electrons. The van der Waals surface area contributed by atoms with E-state index < -0.39 is 0 Å². The van der Waals surface area contributed by atoms with Gasteiger partial charge in [-0.1, -0.05) is 18.9 Å². The molecule has 5 heteroatoms. The highest BCUT2D eigenvalue weighted by molar-refractivity contribution is 7.10. The van der Waals surface area contributed by atoms with Gasteiger partial charge >= 0.3 is 6.03 Å². The van der Waals surface area contributed by atoms with Crippen molar-refractivity contribution >= 4 is 17.4 Å². The average molecular weight is 307 g/mol. The normalized spacial score (nSPS) is 22.4. The van der Waals surface area contributed by atoms with Crippen molar-refractivity contribution in [1.82, 2.24) is 15.1 Å². The molecule has 1 atom stereocenters. The van der Waals surface area contributed by atoms with Crippen LogP contribution < -0.4 is 5.32 Å². The summed E-state index contributed by atoms with van der Waals surface area (Å²) in [5.74, 6) is 0. The maximum absolute atomic E-state index is 12.3. The summed E-state index contributed by atoms with van der Waals surface area (Å²) >= 11 is 1.82. The van der Waals surface area contributed by atoms with Crippen LogP contribution in [0, 0.1) is 0 Å². The smallest absolute Gasteiger partial charge is 0.317 e. The number of urea groups is 1. The second-order valence-corrected chi connectivity index (χ2v) is 7.12. The van der Waals surface area contributed by atoms with E-state index in [0.29, 0.717) is 12.1 Å². The number of thiophene rings is 1. The summed E-state index contributed by atoms with van der Waals surface area (Å²) in [5, 5.41) is 5.33. The van der Waals surface area contributed by atoms with Crippen molar-refractivity contribution in [2.75, 3.05) is 26.2 Å². The Bertz CT molecular complexity index is 448. The summed E-state index contributed by atoms with van der Waals surface area (Å²) in [6, 6.07) is 5.34. The van der Waals surface area contributed by atoms with Gasteiger partial charge < -0.3 is 10.2 Å². The monoisotopic (exact) mass is 307 g/mol. The molecule has 1 aromatic rings. The molecule has 2 heterocycles. The van der Waals surface area contributed by atoms with E-state index in [1.165, 1.54) is 17.7 Å². The van der Waals surface area contributed by atoms with Crippen LogP contribution in [0.1, 0.15) is 43.5 Å². The Morgan fingerprint density at radius 3 is 2.62 bits per heavy atom. The lowest BCUT2D eigenvalue weighted by Gasteiger charge is -2.38. The number of carbonyl (C=O) groups excluding carboxylic acids is 1. The Morgan fingerprint density at radius 2 is 2.00 bits per heavy atom. The number of carbonyl (C=O) groups is 1. The highest BCUT2D eigenvalue weighted by atomic mass is 32.1. The lowest BCUT2D eigenvalue weighted by atomic mass is 10.2. The Labute approximate surface area is 131 Å². The fraction of sp³-hybridized carbons (Fsp3) is 0.688. The van der Waals surface area contributed by atoms with Crippen LogP contribution in [-0.2, 0) is 0 Å². The Morgan fingerprint density at radius 1 is 1.29 bits per heavy atom. The van der Waals surface area contributed by atoms with Gasteiger partial charge in [-0.2, -0.15) is 0 Å². The first-order valence-corrected chi connectivity index (χ1v) is 8.95. The molecule has 4 nitrogen and oxygen atoms in total. The van der Waals surface area contributed by atoms with Crippen molar-refractivity contribution in [3.8, 4) is 0 Å². The summed E-state index contributed by atoms with van der Waals surface area (Å²) in [6.07, 6.45) is 4.83. The van der Waals surface area contributed by atoms with E-state index in [2.05, 4.69) is 34.7 Å². The van der Waals surface area contributed by atoms with Crippen LogP contribution in [0.5, 0.6) is 0 Å². The molecule has 1 aliphatic carbocycles. The number of hydrogen-bond donors (Lipinski definition) is 1. The van der Waals surface area contributed by atoms with Gasteiger partial charge in [-0.25, -0.2) is 4.79 Å². The molecule has 2 aliphatic rings. The standard InChI is InChI=1S/C16H25N3OS/c1-13(15-7-4-12-21-15)18-8-10-19(11-9-18)16(20)17-14-5-2-3-6-14/h4,7,12-14H,2-3,5-6,8-11H2,1H3,(H,17,20). The van der Waals surface area contributed by atoms with Gasteiger partial charge in [0.2, 0.25) is 0 Å². The number of nitrogens with one attached hydrogen (secondary N) is 1. The molecule has 1 aromatic heterocycles. The van der Waals surface area contributed by atoms with Gasteiger partial charge in [0.25, 0.3) is 0 Å². The minimum absolute atomic E-state index is 0.144. The topological polar surface area (TPSA) is 35.6 Å². The van der Waals surface area contributed by atoms with E-state index in [1.807, 2.05) is 16.2 Å². The quantitative estimate of drug-likeness (QED) is 0.931. The minimum atomic E-state index is 0.144. The van der Waals surface area contributed by atoms with E-state index in [9.17, 15) is 4.79 Å². The molecule has 116 valence electrons. The molecular weight excluding hydrogens is 282 g/mol. The van der Waals surface area contributed by atoms with Gasteiger partial charge in [-0.15, -0.1) is 11.3 Å². The molecule has 1 unspecified atom stereocenters. The van der Waals surface area contributed by atoms with E-state index in [0.717, 1.165) is 39.0 Å². The van der Waals surface area contributed by atoms with Crippen LogP contribution in [-0.4, -0.2) is 48.1 Å². The maximum Gasteiger partial charge on any atom is 0.317 e. The summed E-state index contributed by atoms with van der Waals surface area (Å²) in [4.78, 5) is 18.1. The first kappa shape index (κ1) is 14.9. The molecule has 2 amide bonds. The Kier molecular flexibility index (Phi) is 4.80. The zero-order chi connectivity index (χ0) is 14.7. The zero-order valence-corrected chi connectivity index (χ0v) is 13.6. The van der Waals surface area contributed by atoms with E-state index in [1.54, 1.807) is 0 Å². The lowest BCUT2D eigenvalue weighted by molar-refractivity contribution is 0.113. The molecule has 1 saturated heterocycles. The highest BCUT2D eigenvalue weighted by Gasteiger charge is 2.26. The van der Waals surface area contributed by atoms with Crippen molar-refractivity contribution in [3.05, 3.63) is 22.4 Å². The lowest BCUT2D eigenvalue weighted by Crippen LogP contribution is -2.53. The molecule has 1 aliphatic heterocycles. The van der Waals surface area contributed by atoms with Gasteiger partial charge in [0.15, 0.2) is 0 Å². The largest absolute Gasteiger partial charge is 0.335 e. The SMILES string of the molecule is CC(c1cccs1)N1CCN(C(=O)NC2CCCC2)CC1. The predicted octanol–water partition coefficient (Wildman–Crippen LogP) is 3.08. The first-order chi connectivity index (χ1) is 10.2. The minimum Gasteiger partial charge on any atom is -0.335 e.